The Labute approximate surface area is 106 Å². The van der Waals surface area contributed by atoms with Crippen LogP contribution in [-0.2, 0) is 0 Å². The van der Waals surface area contributed by atoms with Crippen LogP contribution in [0.2, 0.25) is 0 Å². The number of nitrogens with two attached hydrogens (primary N) is 1. The summed E-state index contributed by atoms with van der Waals surface area (Å²) in [5.74, 6) is -0.473. The zero-order chi connectivity index (χ0) is 13.3. The Balaban J connectivity index is 2.32. The number of benzene rings is 1. The quantitative estimate of drug-likeness (QED) is 0.858. The van der Waals surface area contributed by atoms with Gasteiger partial charge in [0.1, 0.15) is 0 Å². The highest BCUT2D eigenvalue weighted by Crippen LogP contribution is 2.39. The number of nitrogens with zero attached hydrogens (tertiary/aromatic N) is 1. The number of hydrogen-bond donors (Lipinski definition) is 2. The lowest BCUT2D eigenvalue weighted by Crippen LogP contribution is -2.21. The molecule has 0 spiro atoms. The molecule has 0 bridgehead atoms. The number of rotatable bonds is 3. The highest BCUT2D eigenvalue weighted by atomic mass is 19.1. The minimum absolute atomic E-state index is 0.0321. The fraction of sp³-hybridized carbons (Fsp3) is 0.538. The summed E-state index contributed by atoms with van der Waals surface area (Å²) in [7, 11) is 3.35. The van der Waals surface area contributed by atoms with Gasteiger partial charge in [-0.25, -0.2) is 4.39 Å². The van der Waals surface area contributed by atoms with E-state index in [1.165, 1.54) is 7.11 Å². The molecule has 0 amide bonds. The predicted molar refractivity (Wildman–Crippen MR) is 67.1 cm³/mol. The molecule has 1 saturated heterocycles. The summed E-state index contributed by atoms with van der Waals surface area (Å²) in [4.78, 5) is 2.07. The molecule has 2 atom stereocenters. The fourth-order valence-corrected chi connectivity index (χ4v) is 2.62. The average Bonchev–Trinajstić information content (AvgIpc) is 2.74. The maximum atomic E-state index is 14.1. The summed E-state index contributed by atoms with van der Waals surface area (Å²) in [5.41, 5.74) is 6.17. The van der Waals surface area contributed by atoms with E-state index in [0.717, 1.165) is 13.0 Å². The van der Waals surface area contributed by atoms with Gasteiger partial charge in [-0.1, -0.05) is 6.07 Å². The Morgan fingerprint density at radius 1 is 1.56 bits per heavy atom. The van der Waals surface area contributed by atoms with Crippen LogP contribution in [0.5, 0.6) is 11.5 Å². The molecule has 1 aromatic carbocycles. The van der Waals surface area contributed by atoms with Crippen LogP contribution in [0.25, 0.3) is 0 Å². The van der Waals surface area contributed by atoms with Crippen LogP contribution in [0, 0.1) is 11.7 Å². The van der Waals surface area contributed by atoms with E-state index in [-0.39, 0.29) is 11.8 Å². The molecule has 0 aliphatic carbocycles. The van der Waals surface area contributed by atoms with E-state index in [4.69, 9.17) is 10.5 Å². The van der Waals surface area contributed by atoms with Gasteiger partial charge in [0.15, 0.2) is 17.3 Å². The molecular weight excluding hydrogens is 235 g/mol. The van der Waals surface area contributed by atoms with Crippen LogP contribution in [0.3, 0.4) is 0 Å². The van der Waals surface area contributed by atoms with Crippen molar-refractivity contribution in [1.82, 2.24) is 4.90 Å². The number of phenolic OH excluding ortho intramolecular Hbond substituents is 1. The van der Waals surface area contributed by atoms with Gasteiger partial charge in [-0.3, -0.25) is 4.90 Å². The first-order chi connectivity index (χ1) is 8.58. The van der Waals surface area contributed by atoms with Gasteiger partial charge in [-0.15, -0.1) is 0 Å². The Bertz CT molecular complexity index is 439. The minimum Gasteiger partial charge on any atom is -0.502 e. The van der Waals surface area contributed by atoms with E-state index < -0.39 is 11.6 Å². The third-order valence-electron chi connectivity index (χ3n) is 3.66. The van der Waals surface area contributed by atoms with Crippen molar-refractivity contribution in [3.05, 3.63) is 23.5 Å². The van der Waals surface area contributed by atoms with Crippen molar-refractivity contribution >= 4 is 0 Å². The van der Waals surface area contributed by atoms with E-state index in [1.54, 1.807) is 12.1 Å². The molecule has 5 heteroatoms. The lowest BCUT2D eigenvalue weighted by atomic mass is 9.99. The molecule has 1 aliphatic heterocycles. The first kappa shape index (κ1) is 13.1. The van der Waals surface area contributed by atoms with Gasteiger partial charge in [-0.05, 0) is 32.0 Å². The summed E-state index contributed by atoms with van der Waals surface area (Å²) < 4.78 is 19.0. The fourth-order valence-electron chi connectivity index (χ4n) is 2.62. The molecule has 18 heavy (non-hydrogen) atoms. The molecule has 2 unspecified atom stereocenters. The number of ether oxygens (including phenoxy) is 1. The second-order valence-corrected chi connectivity index (χ2v) is 4.81. The lowest BCUT2D eigenvalue weighted by Gasteiger charge is -2.21. The first-order valence-corrected chi connectivity index (χ1v) is 6.04. The van der Waals surface area contributed by atoms with Crippen LogP contribution >= 0.6 is 0 Å². The monoisotopic (exact) mass is 254 g/mol. The molecule has 0 saturated carbocycles. The van der Waals surface area contributed by atoms with Crippen LogP contribution in [0.15, 0.2) is 12.1 Å². The smallest absolute Gasteiger partial charge is 0.194 e. The number of phenols is 1. The van der Waals surface area contributed by atoms with Crippen molar-refractivity contribution in [2.45, 2.75) is 12.5 Å². The second-order valence-electron chi connectivity index (χ2n) is 4.81. The molecule has 0 aromatic heterocycles. The molecule has 3 N–H and O–H groups in total. The highest BCUT2D eigenvalue weighted by Gasteiger charge is 2.32. The van der Waals surface area contributed by atoms with Crippen molar-refractivity contribution in [1.29, 1.82) is 0 Å². The Morgan fingerprint density at radius 2 is 2.28 bits per heavy atom. The molecule has 1 aliphatic rings. The van der Waals surface area contributed by atoms with E-state index in [9.17, 15) is 9.50 Å². The van der Waals surface area contributed by atoms with E-state index >= 15 is 0 Å². The summed E-state index contributed by atoms with van der Waals surface area (Å²) in [6.45, 7) is 1.46. The van der Waals surface area contributed by atoms with Crippen molar-refractivity contribution < 1.29 is 14.2 Å². The predicted octanol–water partition coefficient (Wildman–Crippen LogP) is 1.49. The second kappa shape index (κ2) is 5.12. The van der Waals surface area contributed by atoms with Gasteiger partial charge in [0.25, 0.3) is 0 Å². The Hall–Kier alpha value is -1.33. The van der Waals surface area contributed by atoms with Crippen molar-refractivity contribution in [3.63, 3.8) is 0 Å². The highest BCUT2D eigenvalue weighted by molar-refractivity contribution is 5.44. The minimum atomic E-state index is -0.594. The summed E-state index contributed by atoms with van der Waals surface area (Å²) in [6, 6.07) is 3.24. The van der Waals surface area contributed by atoms with Gasteiger partial charge < -0.3 is 15.6 Å². The normalized spacial score (nSPS) is 24.4. The first-order valence-electron chi connectivity index (χ1n) is 6.04. The van der Waals surface area contributed by atoms with Crippen LogP contribution in [0.1, 0.15) is 18.0 Å². The number of halogens is 1. The van der Waals surface area contributed by atoms with Crippen LogP contribution in [0.4, 0.5) is 4.39 Å². The van der Waals surface area contributed by atoms with E-state index in [2.05, 4.69) is 4.90 Å². The maximum Gasteiger partial charge on any atom is 0.194 e. The molecule has 1 aromatic rings. The van der Waals surface area contributed by atoms with Crippen molar-refractivity contribution in [2.24, 2.45) is 11.7 Å². The van der Waals surface area contributed by atoms with Crippen molar-refractivity contribution in [2.75, 3.05) is 27.2 Å². The van der Waals surface area contributed by atoms with Crippen LogP contribution < -0.4 is 10.5 Å². The SMILES string of the molecule is COc1ccc(C2CC(CN)CN2C)c(F)c1O. The molecule has 1 fully saturated rings. The number of aromatic hydroxyl groups is 1. The summed E-state index contributed by atoms with van der Waals surface area (Å²) in [5, 5.41) is 9.70. The zero-order valence-corrected chi connectivity index (χ0v) is 10.7. The standard InChI is InChI=1S/C13H19FN2O2/c1-16-7-8(6-15)5-10(16)9-3-4-11(18-2)13(17)12(9)14/h3-4,8,10,17H,5-7,15H2,1-2H3. The molecule has 4 nitrogen and oxygen atoms in total. The van der Waals surface area contributed by atoms with Crippen molar-refractivity contribution in [3.8, 4) is 11.5 Å². The van der Waals surface area contributed by atoms with Gasteiger partial charge >= 0.3 is 0 Å². The largest absolute Gasteiger partial charge is 0.502 e. The molecule has 100 valence electrons. The van der Waals surface area contributed by atoms with Gasteiger partial charge in [0.2, 0.25) is 0 Å². The topological polar surface area (TPSA) is 58.7 Å². The maximum absolute atomic E-state index is 14.1. The van der Waals surface area contributed by atoms with E-state index in [1.807, 2.05) is 7.05 Å². The molecule has 0 radical (unpaired) electrons. The van der Waals surface area contributed by atoms with Gasteiger partial charge in [0, 0.05) is 18.2 Å². The number of likely N-dealkylation sites (tertiary alicyclic amines) is 1. The third kappa shape index (κ3) is 2.15. The Morgan fingerprint density at radius 3 is 2.83 bits per heavy atom. The van der Waals surface area contributed by atoms with Gasteiger partial charge in [-0.2, -0.15) is 0 Å². The van der Waals surface area contributed by atoms with Gasteiger partial charge in [0.05, 0.1) is 7.11 Å². The molecule has 1 heterocycles. The summed E-state index contributed by atoms with van der Waals surface area (Å²) in [6.07, 6.45) is 0.815. The number of methoxy groups -OCH3 is 1. The van der Waals surface area contributed by atoms with Crippen LogP contribution in [-0.4, -0.2) is 37.3 Å². The molecule has 2 rings (SSSR count). The Kier molecular flexibility index (Phi) is 3.73. The van der Waals surface area contributed by atoms with E-state index in [0.29, 0.717) is 18.0 Å². The zero-order valence-electron chi connectivity index (χ0n) is 10.7. The third-order valence-corrected chi connectivity index (χ3v) is 3.66. The summed E-state index contributed by atoms with van der Waals surface area (Å²) >= 11 is 0. The average molecular weight is 254 g/mol. The lowest BCUT2D eigenvalue weighted by molar-refractivity contribution is 0.300. The number of hydrogen-bond acceptors (Lipinski definition) is 4. The molecular formula is C13H19FN2O2.